The van der Waals surface area contributed by atoms with E-state index in [0.717, 1.165) is 20.3 Å². The molecule has 0 atom stereocenters. The Balaban J connectivity index is 2.34. The third kappa shape index (κ3) is 2.87. The predicted octanol–water partition coefficient (Wildman–Crippen LogP) is 4.97. The van der Waals surface area contributed by atoms with Crippen molar-refractivity contribution in [3.05, 3.63) is 50.7 Å². The van der Waals surface area contributed by atoms with Gasteiger partial charge in [0.05, 0.1) is 10.2 Å². The SMILES string of the molecule is Cc1cc(Nc2ccncc2Br)cc(C)c1Br. The molecule has 0 bridgehead atoms. The third-order valence-corrected chi connectivity index (χ3v) is 4.37. The van der Waals surface area contributed by atoms with E-state index in [1.165, 1.54) is 11.1 Å². The van der Waals surface area contributed by atoms with Crippen molar-refractivity contribution in [2.45, 2.75) is 13.8 Å². The summed E-state index contributed by atoms with van der Waals surface area (Å²) in [6.45, 7) is 4.17. The fourth-order valence-corrected chi connectivity index (χ4v) is 2.23. The van der Waals surface area contributed by atoms with Gasteiger partial charge >= 0.3 is 0 Å². The number of nitrogens with zero attached hydrogens (tertiary/aromatic N) is 1. The van der Waals surface area contributed by atoms with Gasteiger partial charge in [0.2, 0.25) is 0 Å². The first-order chi connectivity index (χ1) is 8.08. The highest BCUT2D eigenvalue weighted by Gasteiger charge is 2.04. The van der Waals surface area contributed by atoms with Crippen LogP contribution in [0.4, 0.5) is 11.4 Å². The average Bonchev–Trinajstić information content (AvgIpc) is 2.29. The van der Waals surface area contributed by atoms with Gasteiger partial charge in [0.1, 0.15) is 0 Å². The molecule has 1 N–H and O–H groups in total. The standard InChI is InChI=1S/C13H12Br2N2/c1-8-5-10(6-9(2)13(8)15)17-12-3-4-16-7-11(12)14/h3-7H,1-2H3,(H,16,17). The van der Waals surface area contributed by atoms with Crippen molar-refractivity contribution in [3.63, 3.8) is 0 Å². The summed E-state index contributed by atoms with van der Waals surface area (Å²) in [7, 11) is 0. The van der Waals surface area contributed by atoms with E-state index < -0.39 is 0 Å². The number of benzene rings is 1. The highest BCUT2D eigenvalue weighted by molar-refractivity contribution is 9.11. The maximum atomic E-state index is 4.04. The van der Waals surface area contributed by atoms with Crippen molar-refractivity contribution in [1.82, 2.24) is 4.98 Å². The molecule has 0 aliphatic carbocycles. The molecule has 0 aliphatic rings. The Morgan fingerprint density at radius 2 is 1.76 bits per heavy atom. The molecule has 0 aliphatic heterocycles. The Kier molecular flexibility index (Phi) is 3.84. The second-order valence-corrected chi connectivity index (χ2v) is 5.55. The largest absolute Gasteiger partial charge is 0.354 e. The minimum Gasteiger partial charge on any atom is -0.354 e. The summed E-state index contributed by atoms with van der Waals surface area (Å²) in [4.78, 5) is 4.04. The highest BCUT2D eigenvalue weighted by atomic mass is 79.9. The van der Waals surface area contributed by atoms with E-state index in [1.54, 1.807) is 12.4 Å². The van der Waals surface area contributed by atoms with Gasteiger partial charge < -0.3 is 5.32 Å². The molecule has 0 unspecified atom stereocenters. The second-order valence-electron chi connectivity index (χ2n) is 3.90. The molecule has 17 heavy (non-hydrogen) atoms. The van der Waals surface area contributed by atoms with Gasteiger partial charge in [0, 0.05) is 22.6 Å². The van der Waals surface area contributed by atoms with Crippen LogP contribution in [0.5, 0.6) is 0 Å². The Hall–Kier alpha value is -0.870. The smallest absolute Gasteiger partial charge is 0.0593 e. The van der Waals surface area contributed by atoms with E-state index in [2.05, 4.69) is 68.1 Å². The van der Waals surface area contributed by atoms with Gasteiger partial charge in [-0.1, -0.05) is 15.9 Å². The van der Waals surface area contributed by atoms with Crippen LogP contribution in [-0.2, 0) is 0 Å². The average molecular weight is 356 g/mol. The zero-order chi connectivity index (χ0) is 12.4. The van der Waals surface area contributed by atoms with Crippen molar-refractivity contribution in [1.29, 1.82) is 0 Å². The molecule has 0 spiro atoms. The molecular weight excluding hydrogens is 344 g/mol. The van der Waals surface area contributed by atoms with Crippen molar-refractivity contribution in [2.75, 3.05) is 5.32 Å². The fourth-order valence-electron chi connectivity index (χ4n) is 1.65. The lowest BCUT2D eigenvalue weighted by Gasteiger charge is -2.11. The summed E-state index contributed by atoms with van der Waals surface area (Å²) in [6, 6.07) is 6.17. The van der Waals surface area contributed by atoms with Crippen LogP contribution >= 0.6 is 31.9 Å². The van der Waals surface area contributed by atoms with Gasteiger partial charge in [-0.15, -0.1) is 0 Å². The summed E-state index contributed by atoms with van der Waals surface area (Å²) in [5.74, 6) is 0. The summed E-state index contributed by atoms with van der Waals surface area (Å²) in [6.07, 6.45) is 3.55. The minimum atomic E-state index is 0.957. The molecule has 0 amide bonds. The zero-order valence-electron chi connectivity index (χ0n) is 9.59. The van der Waals surface area contributed by atoms with E-state index in [-0.39, 0.29) is 0 Å². The first kappa shape index (κ1) is 12.6. The van der Waals surface area contributed by atoms with Crippen LogP contribution in [0.2, 0.25) is 0 Å². The zero-order valence-corrected chi connectivity index (χ0v) is 12.8. The first-order valence-electron chi connectivity index (χ1n) is 5.21. The van der Waals surface area contributed by atoms with Crippen molar-refractivity contribution >= 4 is 43.2 Å². The fraction of sp³-hybridized carbons (Fsp3) is 0.154. The highest BCUT2D eigenvalue weighted by Crippen LogP contribution is 2.29. The molecule has 1 heterocycles. The van der Waals surface area contributed by atoms with Crippen molar-refractivity contribution in [3.8, 4) is 0 Å². The van der Waals surface area contributed by atoms with Gasteiger partial charge in [0.25, 0.3) is 0 Å². The summed E-state index contributed by atoms with van der Waals surface area (Å²) < 4.78 is 2.12. The van der Waals surface area contributed by atoms with Crippen molar-refractivity contribution in [2.24, 2.45) is 0 Å². The van der Waals surface area contributed by atoms with Crippen LogP contribution in [0.3, 0.4) is 0 Å². The third-order valence-electron chi connectivity index (χ3n) is 2.49. The summed E-state index contributed by atoms with van der Waals surface area (Å²) in [5.41, 5.74) is 4.53. The number of hydrogen-bond donors (Lipinski definition) is 1. The molecule has 2 rings (SSSR count). The molecule has 0 fully saturated rings. The molecule has 88 valence electrons. The van der Waals surface area contributed by atoms with Crippen LogP contribution in [0.25, 0.3) is 0 Å². The van der Waals surface area contributed by atoms with E-state index in [4.69, 9.17) is 0 Å². The van der Waals surface area contributed by atoms with E-state index in [9.17, 15) is 0 Å². The number of hydrogen-bond acceptors (Lipinski definition) is 2. The molecule has 4 heteroatoms. The van der Waals surface area contributed by atoms with Crippen LogP contribution in [0.15, 0.2) is 39.5 Å². The molecule has 2 aromatic rings. The maximum absolute atomic E-state index is 4.04. The topological polar surface area (TPSA) is 24.9 Å². The van der Waals surface area contributed by atoms with Gasteiger partial charge in [-0.2, -0.15) is 0 Å². The Bertz CT molecular complexity index is 530. The van der Waals surface area contributed by atoms with Crippen molar-refractivity contribution < 1.29 is 0 Å². The molecular formula is C13H12Br2N2. The lowest BCUT2D eigenvalue weighted by atomic mass is 10.1. The molecule has 0 saturated carbocycles. The lowest BCUT2D eigenvalue weighted by Crippen LogP contribution is -1.94. The normalized spacial score (nSPS) is 10.4. The summed E-state index contributed by atoms with van der Waals surface area (Å²) >= 11 is 7.04. The molecule has 2 nitrogen and oxygen atoms in total. The van der Waals surface area contributed by atoms with Crippen LogP contribution in [0.1, 0.15) is 11.1 Å². The molecule has 1 aromatic heterocycles. The maximum Gasteiger partial charge on any atom is 0.0593 e. The lowest BCUT2D eigenvalue weighted by molar-refractivity contribution is 1.29. The Morgan fingerprint density at radius 1 is 1.12 bits per heavy atom. The van der Waals surface area contributed by atoms with E-state index >= 15 is 0 Å². The predicted molar refractivity (Wildman–Crippen MR) is 78.8 cm³/mol. The van der Waals surface area contributed by atoms with E-state index in [0.29, 0.717) is 0 Å². The minimum absolute atomic E-state index is 0.957. The van der Waals surface area contributed by atoms with Gasteiger partial charge in [-0.05, 0) is 59.1 Å². The second kappa shape index (κ2) is 5.19. The number of rotatable bonds is 2. The van der Waals surface area contributed by atoms with Crippen LogP contribution in [0, 0.1) is 13.8 Å². The quantitative estimate of drug-likeness (QED) is 0.822. The molecule has 1 aromatic carbocycles. The summed E-state index contributed by atoms with van der Waals surface area (Å²) in [5, 5.41) is 3.37. The molecule has 0 saturated heterocycles. The number of halogens is 2. The van der Waals surface area contributed by atoms with E-state index in [1.807, 2.05) is 6.07 Å². The number of anilines is 2. The van der Waals surface area contributed by atoms with Gasteiger partial charge in [-0.25, -0.2) is 0 Å². The number of aromatic nitrogens is 1. The Labute approximate surface area is 118 Å². The van der Waals surface area contributed by atoms with Crippen LogP contribution in [-0.4, -0.2) is 4.98 Å². The first-order valence-corrected chi connectivity index (χ1v) is 6.80. The molecule has 0 radical (unpaired) electrons. The number of aryl methyl sites for hydroxylation is 2. The number of nitrogens with one attached hydrogen (secondary N) is 1. The van der Waals surface area contributed by atoms with Gasteiger partial charge in [-0.3, -0.25) is 4.98 Å². The monoisotopic (exact) mass is 354 g/mol. The van der Waals surface area contributed by atoms with Crippen LogP contribution < -0.4 is 5.32 Å². The Morgan fingerprint density at radius 3 is 2.35 bits per heavy atom. The van der Waals surface area contributed by atoms with Gasteiger partial charge in [0.15, 0.2) is 0 Å². The number of pyridine rings is 1.